The molecule has 138 valence electrons. The highest BCUT2D eigenvalue weighted by atomic mass is 19.1. The molecule has 1 unspecified atom stereocenters. The molecular weight excluding hydrogens is 349 g/mol. The van der Waals surface area contributed by atoms with E-state index in [0.717, 1.165) is 22.4 Å². The summed E-state index contributed by atoms with van der Waals surface area (Å²) < 4.78 is 19.0. The number of carbonyl (C=O) groups is 1. The molecule has 0 saturated heterocycles. The Morgan fingerprint density at radius 3 is 2.74 bits per heavy atom. The van der Waals surface area contributed by atoms with E-state index in [2.05, 4.69) is 15.5 Å². The van der Waals surface area contributed by atoms with Crippen molar-refractivity contribution >= 4 is 11.7 Å². The van der Waals surface area contributed by atoms with Crippen LogP contribution in [0.3, 0.4) is 0 Å². The minimum Gasteiger partial charge on any atom is -0.491 e. The van der Waals surface area contributed by atoms with Crippen molar-refractivity contribution in [1.82, 2.24) is 10.2 Å². The molecular formula is C20H18FN3O3. The van der Waals surface area contributed by atoms with E-state index in [9.17, 15) is 9.18 Å². The van der Waals surface area contributed by atoms with Crippen molar-refractivity contribution in [3.63, 3.8) is 0 Å². The number of H-pyrrole nitrogens is 1. The van der Waals surface area contributed by atoms with Gasteiger partial charge in [-0.1, -0.05) is 18.2 Å². The summed E-state index contributed by atoms with van der Waals surface area (Å²) in [7, 11) is 0. The molecule has 1 atom stereocenters. The summed E-state index contributed by atoms with van der Waals surface area (Å²) in [6, 6.07) is 13.6. The van der Waals surface area contributed by atoms with Crippen molar-refractivity contribution in [2.75, 3.05) is 18.5 Å². The van der Waals surface area contributed by atoms with E-state index in [1.165, 1.54) is 12.1 Å². The highest BCUT2D eigenvalue weighted by Crippen LogP contribution is 2.44. The highest BCUT2D eigenvalue weighted by Gasteiger charge is 2.33. The van der Waals surface area contributed by atoms with Gasteiger partial charge in [-0.05, 0) is 30.3 Å². The van der Waals surface area contributed by atoms with Gasteiger partial charge in [0.25, 0.3) is 0 Å². The molecule has 0 bridgehead atoms. The zero-order valence-electron chi connectivity index (χ0n) is 14.4. The number of benzene rings is 2. The normalized spacial score (nSPS) is 15.9. The van der Waals surface area contributed by atoms with E-state index in [1.807, 2.05) is 24.3 Å². The van der Waals surface area contributed by atoms with Gasteiger partial charge in [0.05, 0.1) is 12.3 Å². The number of rotatable bonds is 5. The Kier molecular flexibility index (Phi) is 4.60. The lowest BCUT2D eigenvalue weighted by molar-refractivity contribution is -0.116. The van der Waals surface area contributed by atoms with E-state index in [4.69, 9.17) is 9.84 Å². The van der Waals surface area contributed by atoms with E-state index >= 15 is 0 Å². The summed E-state index contributed by atoms with van der Waals surface area (Å²) in [5.74, 6) is 0.347. The molecule has 0 aliphatic carbocycles. The second kappa shape index (κ2) is 7.20. The standard InChI is InChI=1S/C20H18FN3O3/c21-13-7-5-12(6-8-13)19-18-15(11-17(26)22-20(18)24-23-19)14-3-1-2-4-16(14)27-10-9-25/h1-8,15,25H,9-11H2,(H2,22,23,24,26). The Bertz CT molecular complexity index is 969. The number of hydrogen-bond acceptors (Lipinski definition) is 4. The van der Waals surface area contributed by atoms with Crippen LogP contribution in [0.4, 0.5) is 10.2 Å². The van der Waals surface area contributed by atoms with Crippen molar-refractivity contribution in [1.29, 1.82) is 0 Å². The van der Waals surface area contributed by atoms with Gasteiger partial charge in [0.1, 0.15) is 18.2 Å². The second-order valence-electron chi connectivity index (χ2n) is 6.28. The first kappa shape index (κ1) is 17.2. The molecule has 27 heavy (non-hydrogen) atoms. The zero-order chi connectivity index (χ0) is 18.8. The molecule has 1 aromatic heterocycles. The zero-order valence-corrected chi connectivity index (χ0v) is 14.4. The van der Waals surface area contributed by atoms with Crippen LogP contribution in [-0.2, 0) is 4.79 Å². The molecule has 6 nitrogen and oxygen atoms in total. The summed E-state index contributed by atoms with van der Waals surface area (Å²) in [4.78, 5) is 12.2. The summed E-state index contributed by atoms with van der Waals surface area (Å²) >= 11 is 0. The van der Waals surface area contributed by atoms with Gasteiger partial charge < -0.3 is 15.2 Å². The number of aromatic nitrogens is 2. The minimum absolute atomic E-state index is 0.0999. The number of nitrogens with zero attached hydrogens (tertiary/aromatic N) is 1. The number of amides is 1. The second-order valence-corrected chi connectivity index (χ2v) is 6.28. The van der Waals surface area contributed by atoms with Gasteiger partial charge in [-0.25, -0.2) is 4.39 Å². The summed E-state index contributed by atoms with van der Waals surface area (Å²) in [5.41, 5.74) is 3.18. The average Bonchev–Trinajstić information content (AvgIpc) is 3.10. The number of anilines is 1. The van der Waals surface area contributed by atoms with Crippen molar-refractivity contribution in [3.8, 4) is 17.0 Å². The van der Waals surface area contributed by atoms with Crippen molar-refractivity contribution in [2.45, 2.75) is 12.3 Å². The molecule has 0 spiro atoms. The van der Waals surface area contributed by atoms with Crippen LogP contribution in [0.25, 0.3) is 11.3 Å². The largest absolute Gasteiger partial charge is 0.491 e. The monoisotopic (exact) mass is 367 g/mol. The predicted molar refractivity (Wildman–Crippen MR) is 98.1 cm³/mol. The number of hydrogen-bond donors (Lipinski definition) is 3. The minimum atomic E-state index is -0.320. The average molecular weight is 367 g/mol. The molecule has 2 heterocycles. The lowest BCUT2D eigenvalue weighted by atomic mass is 9.84. The number of halogens is 1. The number of carbonyl (C=O) groups excluding carboxylic acids is 1. The van der Waals surface area contributed by atoms with Gasteiger partial charge in [0, 0.05) is 29.0 Å². The maximum absolute atomic E-state index is 13.3. The Morgan fingerprint density at radius 2 is 1.96 bits per heavy atom. The third-order valence-corrected chi connectivity index (χ3v) is 4.58. The van der Waals surface area contributed by atoms with Gasteiger partial charge >= 0.3 is 0 Å². The molecule has 0 saturated carbocycles. The Balaban J connectivity index is 1.82. The van der Waals surface area contributed by atoms with Crippen LogP contribution in [-0.4, -0.2) is 34.4 Å². The number of fused-ring (bicyclic) bond motifs is 1. The van der Waals surface area contributed by atoms with Crippen molar-refractivity contribution < 1.29 is 19.0 Å². The van der Waals surface area contributed by atoms with Gasteiger partial charge in [0.15, 0.2) is 5.82 Å². The Morgan fingerprint density at radius 1 is 1.19 bits per heavy atom. The maximum atomic E-state index is 13.3. The first-order valence-electron chi connectivity index (χ1n) is 8.64. The summed E-state index contributed by atoms with van der Waals surface area (Å²) in [6.45, 7) is 0.0657. The van der Waals surface area contributed by atoms with Gasteiger partial charge in [-0.2, -0.15) is 5.10 Å². The Hall–Kier alpha value is -3.19. The maximum Gasteiger partial charge on any atom is 0.226 e. The predicted octanol–water partition coefficient (Wildman–Crippen LogP) is 3.06. The first-order valence-corrected chi connectivity index (χ1v) is 8.64. The van der Waals surface area contributed by atoms with E-state index in [1.54, 1.807) is 12.1 Å². The highest BCUT2D eigenvalue weighted by molar-refractivity contribution is 5.96. The van der Waals surface area contributed by atoms with Crippen LogP contribution in [0.1, 0.15) is 23.5 Å². The Labute approximate surface area is 155 Å². The van der Waals surface area contributed by atoms with Crippen LogP contribution < -0.4 is 10.1 Å². The lowest BCUT2D eigenvalue weighted by Gasteiger charge is -2.25. The fourth-order valence-corrected chi connectivity index (χ4v) is 3.41. The molecule has 7 heteroatoms. The number of para-hydroxylation sites is 1. The smallest absolute Gasteiger partial charge is 0.226 e. The topological polar surface area (TPSA) is 87.2 Å². The van der Waals surface area contributed by atoms with Crippen molar-refractivity contribution in [3.05, 3.63) is 65.5 Å². The molecule has 1 aliphatic rings. The first-order chi connectivity index (χ1) is 13.2. The molecule has 2 aromatic carbocycles. The number of ether oxygens (including phenoxy) is 1. The van der Waals surface area contributed by atoms with E-state index < -0.39 is 0 Å². The third-order valence-electron chi connectivity index (χ3n) is 4.58. The van der Waals surface area contributed by atoms with E-state index in [-0.39, 0.29) is 37.3 Å². The molecule has 0 radical (unpaired) electrons. The fourth-order valence-electron chi connectivity index (χ4n) is 3.41. The van der Waals surface area contributed by atoms with Crippen LogP contribution >= 0.6 is 0 Å². The number of aliphatic hydroxyl groups excluding tert-OH is 1. The molecule has 4 rings (SSSR count). The quantitative estimate of drug-likeness (QED) is 0.647. The lowest BCUT2D eigenvalue weighted by Crippen LogP contribution is -2.23. The van der Waals surface area contributed by atoms with E-state index in [0.29, 0.717) is 11.6 Å². The van der Waals surface area contributed by atoms with Crippen LogP contribution in [0, 0.1) is 5.82 Å². The molecule has 1 amide bonds. The summed E-state index contributed by atoms with van der Waals surface area (Å²) in [5, 5.41) is 19.1. The molecule has 1 aliphatic heterocycles. The molecule has 3 N–H and O–H groups in total. The van der Waals surface area contributed by atoms with Crippen LogP contribution in [0.2, 0.25) is 0 Å². The fraction of sp³-hybridized carbons (Fsp3) is 0.200. The van der Waals surface area contributed by atoms with Crippen LogP contribution in [0.15, 0.2) is 48.5 Å². The number of aromatic amines is 1. The van der Waals surface area contributed by atoms with Gasteiger partial charge in [0.2, 0.25) is 5.91 Å². The van der Waals surface area contributed by atoms with Crippen LogP contribution in [0.5, 0.6) is 5.75 Å². The molecule has 0 fully saturated rings. The summed E-state index contributed by atoms with van der Waals surface area (Å²) in [6.07, 6.45) is 0.236. The number of aliphatic hydroxyl groups is 1. The van der Waals surface area contributed by atoms with Gasteiger partial charge in [-0.3, -0.25) is 9.89 Å². The molecule has 3 aromatic rings. The SMILES string of the molecule is O=C1CC(c2ccccc2OCCO)c2c(n[nH]c2-c2ccc(F)cc2)N1. The van der Waals surface area contributed by atoms with Crippen molar-refractivity contribution in [2.24, 2.45) is 0 Å². The third kappa shape index (κ3) is 3.29. The van der Waals surface area contributed by atoms with Gasteiger partial charge in [-0.15, -0.1) is 0 Å². The number of nitrogens with one attached hydrogen (secondary N) is 2.